The third kappa shape index (κ3) is 3.70. The van der Waals surface area contributed by atoms with E-state index in [-0.39, 0.29) is 6.61 Å². The molecule has 2 fully saturated rings. The van der Waals surface area contributed by atoms with Crippen LogP contribution in [0.4, 0.5) is 0 Å². The lowest BCUT2D eigenvalue weighted by molar-refractivity contribution is -0.157. The molecule has 0 bridgehead atoms. The number of rotatable bonds is 3. The number of hydrogen-bond acceptors (Lipinski definition) is 6. The molecule has 2 heterocycles. The number of carbonyl (C=O) groups is 2. The van der Waals surface area contributed by atoms with Crippen molar-refractivity contribution in [3.63, 3.8) is 0 Å². The monoisotopic (exact) mass is 348 g/mol. The Labute approximate surface area is 147 Å². The molecular weight excluding hydrogens is 324 g/mol. The minimum Gasteiger partial charge on any atom is -0.459 e. The smallest absolute Gasteiger partial charge is 0.340 e. The molecule has 2 saturated heterocycles. The summed E-state index contributed by atoms with van der Waals surface area (Å²) >= 11 is 0. The van der Waals surface area contributed by atoms with E-state index in [9.17, 15) is 14.7 Å². The first-order chi connectivity index (χ1) is 11.8. The van der Waals surface area contributed by atoms with Crippen LogP contribution in [0.1, 0.15) is 33.1 Å². The number of ether oxygens (including phenoxy) is 3. The summed E-state index contributed by atoms with van der Waals surface area (Å²) in [7, 11) is 0. The van der Waals surface area contributed by atoms with E-state index < -0.39 is 35.7 Å². The lowest BCUT2D eigenvalue weighted by atomic mass is 9.85. The van der Waals surface area contributed by atoms with Gasteiger partial charge in [0.2, 0.25) is 0 Å². The highest BCUT2D eigenvalue weighted by molar-refractivity contribution is 5.91. The van der Waals surface area contributed by atoms with E-state index >= 15 is 0 Å². The van der Waals surface area contributed by atoms with Crippen molar-refractivity contribution >= 4 is 11.9 Å². The van der Waals surface area contributed by atoms with Gasteiger partial charge in [-0.1, -0.05) is 18.2 Å². The largest absolute Gasteiger partial charge is 0.459 e. The molecule has 0 amide bonds. The summed E-state index contributed by atoms with van der Waals surface area (Å²) in [5.41, 5.74) is 1.27. The highest BCUT2D eigenvalue weighted by atomic mass is 16.6. The first-order valence-electron chi connectivity index (χ1n) is 8.55. The molecule has 1 aliphatic carbocycles. The zero-order chi connectivity index (χ0) is 18.2. The van der Waals surface area contributed by atoms with E-state index in [0.29, 0.717) is 25.0 Å². The molecule has 136 valence electrons. The van der Waals surface area contributed by atoms with Gasteiger partial charge in [-0.2, -0.15) is 0 Å². The average Bonchev–Trinajstić information content (AvgIpc) is 3.25. The molecule has 6 nitrogen and oxygen atoms in total. The molecule has 2 aliphatic heterocycles. The van der Waals surface area contributed by atoms with Gasteiger partial charge in [0.15, 0.2) is 5.60 Å². The van der Waals surface area contributed by atoms with Crippen LogP contribution in [0, 0.1) is 5.92 Å². The molecule has 25 heavy (non-hydrogen) atoms. The Balaban J connectivity index is 1.92. The van der Waals surface area contributed by atoms with Gasteiger partial charge in [0, 0.05) is 12.0 Å². The van der Waals surface area contributed by atoms with Gasteiger partial charge in [-0.25, -0.2) is 9.59 Å². The van der Waals surface area contributed by atoms with Crippen LogP contribution in [0.5, 0.6) is 0 Å². The van der Waals surface area contributed by atoms with Gasteiger partial charge >= 0.3 is 11.9 Å². The second kappa shape index (κ2) is 6.77. The number of esters is 2. The summed E-state index contributed by atoms with van der Waals surface area (Å²) < 4.78 is 16.3. The minimum atomic E-state index is -0.890. The maximum absolute atomic E-state index is 12.4. The SMILES string of the molecule is C=C1C(=O)O[C@@H]2/C=C(\CO)CC/C=C(\C)C[C@H](OC(=O)[C@@]3(C)CO3)[C@@H]12. The fraction of sp³-hybridized carbons (Fsp3) is 0.579. The van der Waals surface area contributed by atoms with E-state index in [0.717, 1.165) is 17.6 Å². The molecule has 3 aliphatic rings. The maximum Gasteiger partial charge on any atom is 0.340 e. The standard InChI is InChI=1S/C19H24O6/c1-11-5-4-6-13(9-20)8-15-16(12(2)17(21)24-15)14(7-11)25-18(22)19(3)10-23-19/h5,8,14-16,20H,2,4,6-7,9-10H2,1,3H3/b11-5+,13-8-/t14-,15+,16+,19+/m0/s1. The summed E-state index contributed by atoms with van der Waals surface area (Å²) in [6, 6.07) is 0. The van der Waals surface area contributed by atoms with Crippen molar-refractivity contribution in [2.45, 2.75) is 50.9 Å². The molecule has 0 saturated carbocycles. The Morgan fingerprint density at radius 3 is 2.88 bits per heavy atom. The normalized spacial score (nSPS) is 39.4. The first-order valence-corrected chi connectivity index (χ1v) is 8.55. The van der Waals surface area contributed by atoms with Gasteiger partial charge in [0.1, 0.15) is 12.2 Å². The molecular formula is C19H24O6. The topological polar surface area (TPSA) is 85.4 Å². The van der Waals surface area contributed by atoms with Crippen LogP contribution in [0.15, 0.2) is 35.5 Å². The predicted molar refractivity (Wildman–Crippen MR) is 89.5 cm³/mol. The fourth-order valence-electron chi connectivity index (χ4n) is 3.26. The molecule has 0 aromatic carbocycles. The molecule has 1 N–H and O–H groups in total. The Morgan fingerprint density at radius 1 is 1.52 bits per heavy atom. The predicted octanol–water partition coefficient (Wildman–Crippen LogP) is 1.83. The zero-order valence-corrected chi connectivity index (χ0v) is 14.6. The summed E-state index contributed by atoms with van der Waals surface area (Å²) in [6.45, 7) is 7.74. The Kier molecular flexibility index (Phi) is 4.84. The van der Waals surface area contributed by atoms with Crippen molar-refractivity contribution in [1.82, 2.24) is 0 Å². The number of carbonyl (C=O) groups excluding carboxylic acids is 2. The zero-order valence-electron chi connectivity index (χ0n) is 14.6. The highest BCUT2D eigenvalue weighted by Crippen LogP contribution is 2.38. The molecule has 0 unspecified atom stereocenters. The molecule has 0 radical (unpaired) electrons. The van der Waals surface area contributed by atoms with Crippen LogP contribution in [0.3, 0.4) is 0 Å². The van der Waals surface area contributed by atoms with Crippen LogP contribution in [-0.2, 0) is 23.8 Å². The number of allylic oxidation sites excluding steroid dienone is 1. The summed E-state index contributed by atoms with van der Waals surface area (Å²) in [4.78, 5) is 24.4. The van der Waals surface area contributed by atoms with Crippen molar-refractivity contribution in [2.24, 2.45) is 5.92 Å². The van der Waals surface area contributed by atoms with Crippen LogP contribution in [-0.4, -0.2) is 48.1 Å². The molecule has 4 atom stereocenters. The highest BCUT2D eigenvalue weighted by Gasteiger charge is 2.52. The maximum atomic E-state index is 12.4. The summed E-state index contributed by atoms with van der Waals surface area (Å²) in [5.74, 6) is -1.39. The second-order valence-electron chi connectivity index (χ2n) is 7.16. The van der Waals surface area contributed by atoms with Gasteiger partial charge in [-0.3, -0.25) is 0 Å². The van der Waals surface area contributed by atoms with Gasteiger partial charge < -0.3 is 19.3 Å². The lowest BCUT2D eigenvalue weighted by Gasteiger charge is -2.28. The number of aliphatic hydroxyl groups is 1. The molecule has 0 aromatic rings. The van der Waals surface area contributed by atoms with E-state index in [1.807, 2.05) is 6.92 Å². The molecule has 3 rings (SSSR count). The number of epoxide rings is 1. The third-order valence-electron chi connectivity index (χ3n) is 5.01. The summed E-state index contributed by atoms with van der Waals surface area (Å²) in [5, 5.41) is 9.56. The molecule has 0 spiro atoms. The van der Waals surface area contributed by atoms with Gasteiger partial charge in [-0.15, -0.1) is 0 Å². The Bertz CT molecular complexity index is 655. The van der Waals surface area contributed by atoms with Gasteiger partial charge in [-0.05, 0) is 38.3 Å². The van der Waals surface area contributed by atoms with Crippen LogP contribution >= 0.6 is 0 Å². The first kappa shape index (κ1) is 17.9. The lowest BCUT2D eigenvalue weighted by Crippen LogP contribution is -2.37. The van der Waals surface area contributed by atoms with E-state index in [1.54, 1.807) is 13.0 Å². The van der Waals surface area contributed by atoms with E-state index in [1.165, 1.54) is 0 Å². The van der Waals surface area contributed by atoms with Crippen molar-refractivity contribution in [3.8, 4) is 0 Å². The Morgan fingerprint density at radius 2 is 2.24 bits per heavy atom. The van der Waals surface area contributed by atoms with Crippen molar-refractivity contribution in [3.05, 3.63) is 35.5 Å². The fourth-order valence-corrected chi connectivity index (χ4v) is 3.26. The number of fused-ring (bicyclic) bond motifs is 1. The van der Waals surface area contributed by atoms with Crippen LogP contribution in [0.25, 0.3) is 0 Å². The second-order valence-corrected chi connectivity index (χ2v) is 7.16. The third-order valence-corrected chi connectivity index (χ3v) is 5.01. The summed E-state index contributed by atoms with van der Waals surface area (Å²) in [6.07, 6.45) is 4.65. The molecule has 6 heteroatoms. The van der Waals surface area contributed by atoms with Crippen molar-refractivity contribution < 1.29 is 28.9 Å². The van der Waals surface area contributed by atoms with Crippen LogP contribution in [0.2, 0.25) is 0 Å². The Hall–Kier alpha value is -1.92. The van der Waals surface area contributed by atoms with Crippen molar-refractivity contribution in [2.75, 3.05) is 13.2 Å². The number of hydrogen-bond donors (Lipinski definition) is 1. The average molecular weight is 348 g/mol. The van der Waals surface area contributed by atoms with Crippen LogP contribution < -0.4 is 0 Å². The van der Waals surface area contributed by atoms with Crippen molar-refractivity contribution in [1.29, 1.82) is 0 Å². The quantitative estimate of drug-likeness (QED) is 0.362. The van der Waals surface area contributed by atoms with E-state index in [2.05, 4.69) is 12.7 Å². The van der Waals surface area contributed by atoms with Gasteiger partial charge in [0.05, 0.1) is 19.1 Å². The minimum absolute atomic E-state index is 0.101. The van der Waals surface area contributed by atoms with Gasteiger partial charge in [0.25, 0.3) is 0 Å². The van der Waals surface area contributed by atoms with E-state index in [4.69, 9.17) is 14.2 Å². The molecule has 0 aromatic heterocycles. The number of aliphatic hydroxyl groups excluding tert-OH is 1.